The predicted molar refractivity (Wildman–Crippen MR) is 81.0 cm³/mol. The zero-order chi connectivity index (χ0) is 13.5. The molecule has 1 aliphatic rings. The zero-order valence-corrected chi connectivity index (χ0v) is 13.2. The van der Waals surface area contributed by atoms with Crippen LogP contribution in [0.5, 0.6) is 0 Å². The molecule has 1 fully saturated rings. The Kier molecular flexibility index (Phi) is 7.25. The van der Waals surface area contributed by atoms with Crippen LogP contribution in [-0.4, -0.2) is 36.6 Å². The van der Waals surface area contributed by atoms with E-state index in [1.54, 1.807) is 0 Å². The fourth-order valence-electron chi connectivity index (χ4n) is 3.34. The third-order valence-corrected chi connectivity index (χ3v) is 4.87. The van der Waals surface area contributed by atoms with Gasteiger partial charge in [-0.3, -0.25) is 0 Å². The Morgan fingerprint density at radius 1 is 1.22 bits per heavy atom. The molecule has 0 aromatic rings. The van der Waals surface area contributed by atoms with Gasteiger partial charge in [-0.2, -0.15) is 0 Å². The number of nitrogens with zero attached hydrogens (tertiary/aromatic N) is 1. The van der Waals surface area contributed by atoms with Gasteiger partial charge in [-0.05, 0) is 44.7 Å². The summed E-state index contributed by atoms with van der Waals surface area (Å²) < 4.78 is 0. The summed E-state index contributed by atoms with van der Waals surface area (Å²) in [4.78, 5) is 2.76. The first-order chi connectivity index (χ1) is 8.62. The van der Waals surface area contributed by atoms with Crippen molar-refractivity contribution in [2.24, 2.45) is 11.8 Å². The van der Waals surface area contributed by atoms with E-state index in [0.29, 0.717) is 0 Å². The van der Waals surface area contributed by atoms with Crippen LogP contribution >= 0.6 is 0 Å². The first kappa shape index (κ1) is 16.0. The Bertz CT molecular complexity index is 213. The molecule has 0 aromatic carbocycles. The average Bonchev–Trinajstić information content (AvgIpc) is 2.35. The standard InChI is InChI=1S/C16H34N2/c1-6-15(7-2)14(5)18-10-9-16(8-3)17-11-13(4)12-18/h13-17H,6-12H2,1-5H3. The highest BCUT2D eigenvalue weighted by atomic mass is 15.2. The summed E-state index contributed by atoms with van der Waals surface area (Å²) in [7, 11) is 0. The average molecular weight is 254 g/mol. The van der Waals surface area contributed by atoms with Gasteiger partial charge in [-0.15, -0.1) is 0 Å². The van der Waals surface area contributed by atoms with Crippen LogP contribution in [0.4, 0.5) is 0 Å². The monoisotopic (exact) mass is 254 g/mol. The molecule has 108 valence electrons. The quantitative estimate of drug-likeness (QED) is 0.807. The van der Waals surface area contributed by atoms with E-state index in [1.165, 1.54) is 45.3 Å². The second-order valence-electron chi connectivity index (χ2n) is 6.22. The largest absolute Gasteiger partial charge is 0.314 e. The van der Waals surface area contributed by atoms with Crippen LogP contribution < -0.4 is 5.32 Å². The Hall–Kier alpha value is -0.0800. The maximum Gasteiger partial charge on any atom is 0.00951 e. The van der Waals surface area contributed by atoms with Crippen molar-refractivity contribution in [3.05, 3.63) is 0 Å². The van der Waals surface area contributed by atoms with Gasteiger partial charge in [0.1, 0.15) is 0 Å². The highest BCUT2D eigenvalue weighted by Gasteiger charge is 2.25. The number of hydrogen-bond donors (Lipinski definition) is 1. The molecule has 1 rings (SSSR count). The lowest BCUT2D eigenvalue weighted by molar-refractivity contribution is 0.111. The molecule has 0 amide bonds. The van der Waals surface area contributed by atoms with E-state index in [2.05, 4.69) is 44.8 Å². The van der Waals surface area contributed by atoms with Crippen molar-refractivity contribution in [1.29, 1.82) is 0 Å². The Morgan fingerprint density at radius 3 is 2.44 bits per heavy atom. The first-order valence-electron chi connectivity index (χ1n) is 8.09. The number of nitrogens with one attached hydrogen (secondary N) is 1. The fourth-order valence-corrected chi connectivity index (χ4v) is 3.34. The van der Waals surface area contributed by atoms with Gasteiger partial charge in [-0.25, -0.2) is 0 Å². The minimum absolute atomic E-state index is 0.726. The van der Waals surface area contributed by atoms with Crippen molar-refractivity contribution in [3.8, 4) is 0 Å². The summed E-state index contributed by atoms with van der Waals surface area (Å²) >= 11 is 0. The van der Waals surface area contributed by atoms with Crippen LogP contribution in [0.2, 0.25) is 0 Å². The molecule has 3 unspecified atom stereocenters. The second kappa shape index (κ2) is 8.16. The van der Waals surface area contributed by atoms with Gasteiger partial charge in [0.05, 0.1) is 0 Å². The predicted octanol–water partition coefficient (Wildman–Crippen LogP) is 3.52. The Balaban J connectivity index is 2.61. The second-order valence-corrected chi connectivity index (χ2v) is 6.22. The van der Waals surface area contributed by atoms with E-state index in [1.807, 2.05) is 0 Å². The highest BCUT2D eigenvalue weighted by molar-refractivity contribution is 4.81. The summed E-state index contributed by atoms with van der Waals surface area (Å²) in [5.41, 5.74) is 0. The smallest absolute Gasteiger partial charge is 0.00951 e. The maximum atomic E-state index is 3.71. The van der Waals surface area contributed by atoms with E-state index in [-0.39, 0.29) is 0 Å². The molecule has 3 atom stereocenters. The van der Waals surface area contributed by atoms with Gasteiger partial charge in [0.2, 0.25) is 0 Å². The molecule has 2 nitrogen and oxygen atoms in total. The third-order valence-electron chi connectivity index (χ3n) is 4.87. The molecule has 2 heteroatoms. The zero-order valence-electron chi connectivity index (χ0n) is 13.2. The number of rotatable bonds is 5. The van der Waals surface area contributed by atoms with Gasteiger partial charge in [-0.1, -0.05) is 40.5 Å². The molecule has 0 bridgehead atoms. The van der Waals surface area contributed by atoms with Crippen molar-refractivity contribution in [1.82, 2.24) is 10.2 Å². The molecule has 1 heterocycles. The van der Waals surface area contributed by atoms with Gasteiger partial charge in [0, 0.05) is 18.6 Å². The molecular formula is C16H34N2. The lowest BCUT2D eigenvalue weighted by Crippen LogP contribution is -2.48. The van der Waals surface area contributed by atoms with E-state index < -0.39 is 0 Å². The molecule has 0 aromatic heterocycles. The Labute approximate surface area is 115 Å². The fraction of sp³-hybridized carbons (Fsp3) is 1.00. The van der Waals surface area contributed by atoms with E-state index >= 15 is 0 Å². The number of hydrogen-bond acceptors (Lipinski definition) is 2. The molecule has 0 saturated carbocycles. The molecule has 1 saturated heterocycles. The molecule has 1 aliphatic heterocycles. The van der Waals surface area contributed by atoms with E-state index in [9.17, 15) is 0 Å². The summed E-state index contributed by atoms with van der Waals surface area (Å²) in [6.07, 6.45) is 5.21. The van der Waals surface area contributed by atoms with Crippen molar-refractivity contribution in [3.63, 3.8) is 0 Å². The molecule has 0 radical (unpaired) electrons. The highest BCUT2D eigenvalue weighted by Crippen LogP contribution is 2.21. The lowest BCUT2D eigenvalue weighted by atomic mass is 9.92. The Morgan fingerprint density at radius 2 is 1.89 bits per heavy atom. The van der Waals surface area contributed by atoms with Crippen LogP contribution in [0.25, 0.3) is 0 Å². The van der Waals surface area contributed by atoms with E-state index in [4.69, 9.17) is 0 Å². The molecule has 0 spiro atoms. The van der Waals surface area contributed by atoms with Gasteiger partial charge in [0.25, 0.3) is 0 Å². The summed E-state index contributed by atoms with van der Waals surface area (Å²) in [6.45, 7) is 15.5. The first-order valence-corrected chi connectivity index (χ1v) is 8.09. The third kappa shape index (κ3) is 4.55. The van der Waals surface area contributed by atoms with Crippen LogP contribution in [0, 0.1) is 11.8 Å². The minimum atomic E-state index is 0.726. The van der Waals surface area contributed by atoms with Gasteiger partial charge < -0.3 is 10.2 Å². The normalized spacial score (nSPS) is 29.0. The van der Waals surface area contributed by atoms with Crippen molar-refractivity contribution >= 4 is 0 Å². The van der Waals surface area contributed by atoms with Crippen molar-refractivity contribution in [2.45, 2.75) is 72.4 Å². The minimum Gasteiger partial charge on any atom is -0.314 e. The molecule has 18 heavy (non-hydrogen) atoms. The maximum absolute atomic E-state index is 3.71. The lowest BCUT2D eigenvalue weighted by Gasteiger charge is -2.39. The summed E-state index contributed by atoms with van der Waals surface area (Å²) in [5, 5.41) is 3.71. The summed E-state index contributed by atoms with van der Waals surface area (Å²) in [6, 6.07) is 1.47. The SMILES string of the molecule is CCC1CCN(C(C)C(CC)CC)CC(C)CN1. The summed E-state index contributed by atoms with van der Waals surface area (Å²) in [5.74, 6) is 1.64. The van der Waals surface area contributed by atoms with Gasteiger partial charge >= 0.3 is 0 Å². The van der Waals surface area contributed by atoms with Crippen LogP contribution in [-0.2, 0) is 0 Å². The van der Waals surface area contributed by atoms with Crippen LogP contribution in [0.1, 0.15) is 60.3 Å². The molecular weight excluding hydrogens is 220 g/mol. The van der Waals surface area contributed by atoms with Gasteiger partial charge in [0.15, 0.2) is 0 Å². The molecule has 1 N–H and O–H groups in total. The van der Waals surface area contributed by atoms with E-state index in [0.717, 1.165) is 23.9 Å². The van der Waals surface area contributed by atoms with Crippen molar-refractivity contribution < 1.29 is 0 Å². The van der Waals surface area contributed by atoms with Crippen LogP contribution in [0.3, 0.4) is 0 Å². The molecule has 0 aliphatic carbocycles. The van der Waals surface area contributed by atoms with Crippen LogP contribution in [0.15, 0.2) is 0 Å². The van der Waals surface area contributed by atoms with Crippen molar-refractivity contribution in [2.75, 3.05) is 19.6 Å². The topological polar surface area (TPSA) is 15.3 Å².